The lowest BCUT2D eigenvalue weighted by molar-refractivity contribution is -0.127. The van der Waals surface area contributed by atoms with Gasteiger partial charge >= 0.3 is 0 Å². The van der Waals surface area contributed by atoms with Crippen molar-refractivity contribution < 1.29 is 18.7 Å². The number of halogens is 1. The van der Waals surface area contributed by atoms with Gasteiger partial charge in [-0.1, -0.05) is 12.1 Å². The molecule has 0 spiro atoms. The van der Waals surface area contributed by atoms with Crippen LogP contribution in [0.3, 0.4) is 0 Å². The van der Waals surface area contributed by atoms with E-state index in [4.69, 9.17) is 9.47 Å². The summed E-state index contributed by atoms with van der Waals surface area (Å²) in [6.45, 7) is 3.36. The number of methoxy groups -OCH3 is 2. The highest BCUT2D eigenvalue weighted by atomic mass is 19.1. The van der Waals surface area contributed by atoms with Gasteiger partial charge < -0.3 is 14.4 Å². The number of hydrogen-bond acceptors (Lipinski definition) is 4. The van der Waals surface area contributed by atoms with Crippen LogP contribution in [0.15, 0.2) is 48.5 Å². The molecule has 28 heavy (non-hydrogen) atoms. The van der Waals surface area contributed by atoms with E-state index in [0.717, 1.165) is 30.0 Å². The fourth-order valence-corrected chi connectivity index (χ4v) is 3.23. The first kappa shape index (κ1) is 19.9. The molecular weight excluding hydrogens is 359 g/mol. The lowest BCUT2D eigenvalue weighted by Crippen LogP contribution is -2.47. The van der Waals surface area contributed by atoms with E-state index in [1.165, 1.54) is 12.1 Å². The molecule has 1 fully saturated rings. The molecule has 0 atom stereocenters. The molecule has 1 saturated heterocycles. The summed E-state index contributed by atoms with van der Waals surface area (Å²) in [4.78, 5) is 16.5. The van der Waals surface area contributed by atoms with Gasteiger partial charge in [-0.25, -0.2) is 4.39 Å². The van der Waals surface area contributed by atoms with Gasteiger partial charge in [-0.05, 0) is 42.0 Å². The molecule has 1 heterocycles. The van der Waals surface area contributed by atoms with E-state index < -0.39 is 0 Å². The van der Waals surface area contributed by atoms with Gasteiger partial charge in [-0.2, -0.15) is 0 Å². The van der Waals surface area contributed by atoms with Crippen LogP contribution < -0.4 is 9.47 Å². The molecule has 6 heteroatoms. The van der Waals surface area contributed by atoms with E-state index in [9.17, 15) is 9.18 Å². The second kappa shape index (κ2) is 9.37. The van der Waals surface area contributed by atoms with Crippen molar-refractivity contribution in [1.29, 1.82) is 0 Å². The maximum atomic E-state index is 13.5. The van der Waals surface area contributed by atoms with Crippen LogP contribution in [0.2, 0.25) is 0 Å². The maximum absolute atomic E-state index is 13.5. The highest BCUT2D eigenvalue weighted by Crippen LogP contribution is 2.22. The van der Waals surface area contributed by atoms with Gasteiger partial charge in [-0.3, -0.25) is 9.69 Å². The zero-order valence-corrected chi connectivity index (χ0v) is 16.2. The predicted octanol–water partition coefficient (Wildman–Crippen LogP) is 3.20. The van der Waals surface area contributed by atoms with E-state index in [2.05, 4.69) is 4.90 Å². The van der Waals surface area contributed by atoms with Crippen LogP contribution in [0.5, 0.6) is 11.5 Å². The second-order valence-electron chi connectivity index (χ2n) is 6.66. The number of rotatable bonds is 6. The quantitative estimate of drug-likeness (QED) is 0.718. The van der Waals surface area contributed by atoms with Crippen molar-refractivity contribution in [2.45, 2.75) is 6.54 Å². The molecule has 2 aromatic rings. The number of amides is 1. The summed E-state index contributed by atoms with van der Waals surface area (Å²) in [5.41, 5.74) is 1.77. The third-order valence-electron chi connectivity index (χ3n) is 4.85. The molecule has 2 aromatic carbocycles. The van der Waals surface area contributed by atoms with Crippen molar-refractivity contribution >= 4 is 12.0 Å². The van der Waals surface area contributed by atoms with Crippen LogP contribution in [0.1, 0.15) is 11.1 Å². The molecule has 0 unspecified atom stereocenters. The van der Waals surface area contributed by atoms with Gasteiger partial charge in [0.1, 0.15) is 17.3 Å². The predicted molar refractivity (Wildman–Crippen MR) is 107 cm³/mol. The van der Waals surface area contributed by atoms with E-state index in [-0.39, 0.29) is 11.7 Å². The molecule has 0 N–H and O–H groups in total. The number of nitrogens with zero attached hydrogens (tertiary/aromatic N) is 2. The fourth-order valence-electron chi connectivity index (χ4n) is 3.23. The molecule has 1 aliphatic rings. The average molecular weight is 384 g/mol. The van der Waals surface area contributed by atoms with Crippen LogP contribution >= 0.6 is 0 Å². The Morgan fingerprint density at radius 2 is 1.75 bits per heavy atom. The molecular formula is C22H25FN2O3. The lowest BCUT2D eigenvalue weighted by atomic mass is 10.1. The van der Waals surface area contributed by atoms with Gasteiger partial charge in [0.05, 0.1) is 14.2 Å². The zero-order valence-electron chi connectivity index (χ0n) is 16.2. The standard InChI is InChI=1S/C22H25FN2O3/c1-27-20-7-3-17(4-8-20)5-10-22(26)25-13-11-24(12-14-25)16-18-15-19(23)6-9-21(18)28-2/h3-10,15H,11-14,16H2,1-2H3/b10-5+. The van der Waals surface area contributed by atoms with Crippen molar-refractivity contribution in [2.75, 3.05) is 40.4 Å². The Kier molecular flexibility index (Phi) is 6.66. The Balaban J connectivity index is 1.52. The van der Waals surface area contributed by atoms with Crippen LogP contribution in [-0.4, -0.2) is 56.1 Å². The molecule has 0 radical (unpaired) electrons. The Hall–Kier alpha value is -2.86. The molecule has 5 nitrogen and oxygen atoms in total. The molecule has 1 amide bonds. The summed E-state index contributed by atoms with van der Waals surface area (Å²) in [6.07, 6.45) is 3.42. The summed E-state index contributed by atoms with van der Waals surface area (Å²) in [5.74, 6) is 1.20. The largest absolute Gasteiger partial charge is 0.497 e. The topological polar surface area (TPSA) is 42.0 Å². The van der Waals surface area contributed by atoms with Gasteiger partial charge in [-0.15, -0.1) is 0 Å². The number of benzene rings is 2. The fraction of sp³-hybridized carbons (Fsp3) is 0.318. The minimum absolute atomic E-state index is 0.00111. The minimum Gasteiger partial charge on any atom is -0.497 e. The Morgan fingerprint density at radius 3 is 2.39 bits per heavy atom. The second-order valence-corrected chi connectivity index (χ2v) is 6.66. The van der Waals surface area contributed by atoms with Crippen LogP contribution in [0.25, 0.3) is 6.08 Å². The van der Waals surface area contributed by atoms with Crippen LogP contribution in [-0.2, 0) is 11.3 Å². The van der Waals surface area contributed by atoms with Crippen molar-refractivity contribution in [3.63, 3.8) is 0 Å². The highest BCUT2D eigenvalue weighted by molar-refractivity contribution is 5.91. The monoisotopic (exact) mass is 384 g/mol. The molecule has 1 aliphatic heterocycles. The molecule has 0 saturated carbocycles. The third kappa shape index (κ3) is 5.10. The van der Waals surface area contributed by atoms with E-state index in [1.54, 1.807) is 26.4 Å². The highest BCUT2D eigenvalue weighted by Gasteiger charge is 2.20. The summed E-state index contributed by atoms with van der Waals surface area (Å²) in [5, 5.41) is 0. The number of carbonyl (C=O) groups is 1. The first-order valence-corrected chi connectivity index (χ1v) is 9.25. The van der Waals surface area contributed by atoms with E-state index in [1.807, 2.05) is 35.2 Å². The van der Waals surface area contributed by atoms with Crippen LogP contribution in [0, 0.1) is 5.82 Å². The summed E-state index contributed by atoms with van der Waals surface area (Å²) in [7, 11) is 3.21. The average Bonchev–Trinajstić information content (AvgIpc) is 2.73. The van der Waals surface area contributed by atoms with Gasteiger partial charge in [0.15, 0.2) is 0 Å². The zero-order chi connectivity index (χ0) is 19.9. The number of ether oxygens (including phenoxy) is 2. The van der Waals surface area contributed by atoms with Crippen molar-refractivity contribution in [3.05, 3.63) is 65.5 Å². The van der Waals surface area contributed by atoms with E-state index in [0.29, 0.717) is 25.4 Å². The molecule has 0 aliphatic carbocycles. The number of piperazine rings is 1. The number of carbonyl (C=O) groups excluding carboxylic acids is 1. The first-order chi connectivity index (χ1) is 13.6. The van der Waals surface area contributed by atoms with Crippen molar-refractivity contribution in [3.8, 4) is 11.5 Å². The van der Waals surface area contributed by atoms with Crippen molar-refractivity contribution in [1.82, 2.24) is 9.80 Å². The summed E-state index contributed by atoms with van der Waals surface area (Å²) >= 11 is 0. The molecule has 0 bridgehead atoms. The molecule has 3 rings (SSSR count). The SMILES string of the molecule is COc1ccc(/C=C/C(=O)N2CCN(Cc3cc(F)ccc3OC)CC2)cc1. The van der Waals surface area contributed by atoms with Gasteiger partial charge in [0.2, 0.25) is 5.91 Å². The molecule has 148 valence electrons. The molecule has 0 aromatic heterocycles. The minimum atomic E-state index is -0.270. The Labute approximate surface area is 165 Å². The first-order valence-electron chi connectivity index (χ1n) is 9.25. The number of hydrogen-bond donors (Lipinski definition) is 0. The summed E-state index contributed by atoms with van der Waals surface area (Å²) < 4.78 is 24.0. The van der Waals surface area contributed by atoms with Crippen molar-refractivity contribution in [2.24, 2.45) is 0 Å². The van der Waals surface area contributed by atoms with Gasteiger partial charge in [0.25, 0.3) is 0 Å². The van der Waals surface area contributed by atoms with Crippen LogP contribution in [0.4, 0.5) is 4.39 Å². The summed E-state index contributed by atoms with van der Waals surface area (Å²) in [6, 6.07) is 12.1. The normalized spacial score (nSPS) is 15.0. The van der Waals surface area contributed by atoms with Gasteiger partial charge in [0, 0.05) is 44.4 Å². The Bertz CT molecular complexity index is 828. The maximum Gasteiger partial charge on any atom is 0.246 e. The Morgan fingerprint density at radius 1 is 1.04 bits per heavy atom. The van der Waals surface area contributed by atoms with E-state index >= 15 is 0 Å². The third-order valence-corrected chi connectivity index (χ3v) is 4.85. The lowest BCUT2D eigenvalue weighted by Gasteiger charge is -2.34. The smallest absolute Gasteiger partial charge is 0.246 e.